The average Bonchev–Trinajstić information content (AvgIpc) is 2.77. The highest BCUT2D eigenvalue weighted by Gasteiger charge is 2.42. The van der Waals surface area contributed by atoms with E-state index in [4.69, 9.17) is 0 Å². The van der Waals surface area contributed by atoms with Crippen molar-refractivity contribution in [1.29, 1.82) is 0 Å². The van der Waals surface area contributed by atoms with Crippen LogP contribution in [0.15, 0.2) is 42.5 Å². The fraction of sp³-hybridized carbons (Fsp3) is 0.263. The highest BCUT2D eigenvalue weighted by molar-refractivity contribution is 7.94. The Balaban J connectivity index is 1.90. The molecule has 3 rings (SSSR count). The van der Waals surface area contributed by atoms with Gasteiger partial charge in [-0.25, -0.2) is 12.7 Å². The number of nitrogens with one attached hydrogen (secondary N) is 1. The highest BCUT2D eigenvalue weighted by Crippen LogP contribution is 2.29. The molecule has 0 radical (unpaired) electrons. The van der Waals surface area contributed by atoms with Gasteiger partial charge in [0.25, 0.3) is 5.91 Å². The van der Waals surface area contributed by atoms with Gasteiger partial charge in [-0.2, -0.15) is 0 Å². The number of amides is 2. The van der Waals surface area contributed by atoms with Crippen molar-refractivity contribution in [1.82, 2.24) is 0 Å². The summed E-state index contributed by atoms with van der Waals surface area (Å²) < 4.78 is 25.3. The smallest absolute Gasteiger partial charge is 0.255 e. The first-order chi connectivity index (χ1) is 12.2. The number of carbonyl (C=O) groups is 2. The van der Waals surface area contributed by atoms with Gasteiger partial charge >= 0.3 is 0 Å². The van der Waals surface area contributed by atoms with Crippen LogP contribution in [0.4, 0.5) is 11.4 Å². The summed E-state index contributed by atoms with van der Waals surface area (Å²) in [6, 6.07) is 11.8. The lowest BCUT2D eigenvalue weighted by molar-refractivity contribution is -0.119. The molecule has 1 aliphatic rings. The van der Waals surface area contributed by atoms with Gasteiger partial charge in [0.05, 0.1) is 17.4 Å². The van der Waals surface area contributed by atoms with Crippen molar-refractivity contribution >= 4 is 33.2 Å². The maximum absolute atomic E-state index is 12.6. The van der Waals surface area contributed by atoms with Gasteiger partial charge in [-0.05, 0) is 43.7 Å². The van der Waals surface area contributed by atoms with E-state index in [0.29, 0.717) is 5.69 Å². The van der Waals surface area contributed by atoms with Gasteiger partial charge < -0.3 is 5.32 Å². The molecule has 1 heterocycles. The van der Waals surface area contributed by atoms with Crippen molar-refractivity contribution in [3.8, 4) is 0 Å². The lowest BCUT2D eigenvalue weighted by atomic mass is 10.1. The second kappa shape index (κ2) is 6.57. The molecule has 0 unspecified atom stereocenters. The zero-order valence-corrected chi connectivity index (χ0v) is 15.6. The van der Waals surface area contributed by atoms with Gasteiger partial charge in [0.1, 0.15) is 0 Å². The largest absolute Gasteiger partial charge is 0.322 e. The number of rotatable bonds is 3. The van der Waals surface area contributed by atoms with Gasteiger partial charge in [0.2, 0.25) is 15.9 Å². The van der Waals surface area contributed by atoms with Crippen LogP contribution in [0.3, 0.4) is 0 Å². The number of benzene rings is 2. The third kappa shape index (κ3) is 3.35. The Kier molecular flexibility index (Phi) is 4.58. The van der Waals surface area contributed by atoms with Gasteiger partial charge in [-0.15, -0.1) is 0 Å². The predicted molar refractivity (Wildman–Crippen MR) is 101 cm³/mol. The van der Waals surface area contributed by atoms with Crippen LogP contribution >= 0.6 is 0 Å². The first-order valence-electron chi connectivity index (χ1n) is 8.24. The lowest BCUT2D eigenvalue weighted by Crippen LogP contribution is -2.30. The highest BCUT2D eigenvalue weighted by atomic mass is 32.2. The molecule has 1 saturated heterocycles. The first kappa shape index (κ1) is 18.1. The second-order valence-electron chi connectivity index (χ2n) is 6.61. The first-order valence-corrected chi connectivity index (χ1v) is 9.85. The topological polar surface area (TPSA) is 83.6 Å². The summed E-state index contributed by atoms with van der Waals surface area (Å²) in [5.74, 6) is -1.65. The maximum atomic E-state index is 12.6. The zero-order valence-electron chi connectivity index (χ0n) is 14.8. The van der Waals surface area contributed by atoms with Crippen LogP contribution in [0, 0.1) is 19.8 Å². The summed E-state index contributed by atoms with van der Waals surface area (Å²) in [6.07, 6.45) is 0. The summed E-state index contributed by atoms with van der Waals surface area (Å²) in [4.78, 5) is 24.8. The Labute approximate surface area is 152 Å². The molecule has 1 atom stereocenters. The molecule has 7 heteroatoms. The molecular formula is C19H20N2O4S. The summed E-state index contributed by atoms with van der Waals surface area (Å²) in [5.41, 5.74) is 3.18. The second-order valence-corrected chi connectivity index (χ2v) is 8.47. The molecule has 1 N–H and O–H groups in total. The van der Waals surface area contributed by atoms with Crippen molar-refractivity contribution in [3.05, 3.63) is 59.2 Å². The molecule has 0 spiro atoms. The van der Waals surface area contributed by atoms with Crippen molar-refractivity contribution in [3.63, 3.8) is 0 Å². The predicted octanol–water partition coefficient (Wildman–Crippen LogP) is 2.87. The molecule has 0 bridgehead atoms. The maximum Gasteiger partial charge on any atom is 0.255 e. The molecule has 2 aromatic carbocycles. The number of carbonyl (C=O) groups excluding carboxylic acids is 2. The van der Waals surface area contributed by atoms with E-state index in [2.05, 4.69) is 5.32 Å². The molecule has 26 heavy (non-hydrogen) atoms. The van der Waals surface area contributed by atoms with Crippen LogP contribution in [-0.4, -0.2) is 26.0 Å². The third-order valence-electron chi connectivity index (χ3n) is 4.33. The van der Waals surface area contributed by atoms with E-state index in [0.717, 1.165) is 15.4 Å². The van der Waals surface area contributed by atoms with E-state index >= 15 is 0 Å². The van der Waals surface area contributed by atoms with Crippen LogP contribution in [0.1, 0.15) is 28.4 Å². The van der Waals surface area contributed by atoms with Crippen LogP contribution in [0.25, 0.3) is 0 Å². The number of sulfonamides is 1. The SMILES string of the molecule is Cc1ccc(NC(=O)c2cccc(N3C(=O)[C@@H](C)CS3(=O)=O)c2)c(C)c1. The molecule has 2 amide bonds. The van der Waals surface area contributed by atoms with E-state index < -0.39 is 21.8 Å². The summed E-state index contributed by atoms with van der Waals surface area (Å²) >= 11 is 0. The number of hydrogen-bond acceptors (Lipinski definition) is 4. The van der Waals surface area contributed by atoms with Crippen molar-refractivity contribution in [2.45, 2.75) is 20.8 Å². The Morgan fingerprint density at radius 3 is 2.50 bits per heavy atom. The molecule has 0 aromatic heterocycles. The van der Waals surface area contributed by atoms with Gasteiger partial charge in [-0.1, -0.05) is 30.7 Å². The van der Waals surface area contributed by atoms with Crippen LogP contribution in [-0.2, 0) is 14.8 Å². The third-order valence-corrected chi connectivity index (χ3v) is 6.20. The minimum absolute atomic E-state index is 0.188. The molecular weight excluding hydrogens is 352 g/mol. The fourth-order valence-corrected chi connectivity index (χ4v) is 4.82. The van der Waals surface area contributed by atoms with E-state index in [1.54, 1.807) is 19.1 Å². The van der Waals surface area contributed by atoms with E-state index in [-0.39, 0.29) is 22.9 Å². The molecule has 1 fully saturated rings. The summed E-state index contributed by atoms with van der Waals surface area (Å²) in [5, 5.41) is 2.82. The van der Waals surface area contributed by atoms with Gasteiger partial charge in [0, 0.05) is 11.3 Å². The minimum atomic E-state index is -3.70. The number of aryl methyl sites for hydroxylation is 2. The number of hydrogen-bond donors (Lipinski definition) is 1. The van der Waals surface area contributed by atoms with Gasteiger partial charge in [0.15, 0.2) is 0 Å². The monoisotopic (exact) mass is 372 g/mol. The number of anilines is 2. The molecule has 0 saturated carbocycles. The van der Waals surface area contributed by atoms with Crippen LogP contribution < -0.4 is 9.62 Å². The fourth-order valence-electron chi connectivity index (χ4n) is 3.01. The molecule has 1 aliphatic heterocycles. The van der Waals surface area contributed by atoms with Crippen LogP contribution in [0.2, 0.25) is 0 Å². The summed E-state index contributed by atoms with van der Waals surface area (Å²) in [7, 11) is -3.70. The minimum Gasteiger partial charge on any atom is -0.322 e. The van der Waals surface area contributed by atoms with Crippen LogP contribution in [0.5, 0.6) is 0 Å². The standard InChI is InChI=1S/C19H20N2O4S/c1-12-7-8-17(13(2)9-12)20-18(22)15-5-4-6-16(10-15)21-19(23)14(3)11-26(21,24)25/h4-10,14H,11H2,1-3H3,(H,20,22)/t14-/m0/s1. The molecule has 136 valence electrons. The normalized spacial score (nSPS) is 18.8. The van der Waals surface area contributed by atoms with Crippen molar-refractivity contribution < 1.29 is 18.0 Å². The molecule has 6 nitrogen and oxygen atoms in total. The van der Waals surface area contributed by atoms with Crippen molar-refractivity contribution in [2.24, 2.45) is 5.92 Å². The Morgan fingerprint density at radius 1 is 1.15 bits per heavy atom. The average molecular weight is 372 g/mol. The number of nitrogens with zero attached hydrogens (tertiary/aromatic N) is 1. The van der Waals surface area contributed by atoms with Gasteiger partial charge in [-0.3, -0.25) is 9.59 Å². The van der Waals surface area contributed by atoms with E-state index in [1.807, 2.05) is 32.0 Å². The molecule has 0 aliphatic carbocycles. The lowest BCUT2D eigenvalue weighted by Gasteiger charge is -2.16. The van der Waals surface area contributed by atoms with E-state index in [1.165, 1.54) is 12.1 Å². The Morgan fingerprint density at radius 2 is 1.88 bits per heavy atom. The Hall–Kier alpha value is -2.67. The summed E-state index contributed by atoms with van der Waals surface area (Å²) in [6.45, 7) is 5.45. The zero-order chi connectivity index (χ0) is 19.1. The van der Waals surface area contributed by atoms with E-state index in [9.17, 15) is 18.0 Å². The van der Waals surface area contributed by atoms with Crippen molar-refractivity contribution in [2.75, 3.05) is 15.4 Å². The quantitative estimate of drug-likeness (QED) is 0.898. The Bertz CT molecular complexity index is 998. The molecule has 2 aromatic rings.